The minimum Gasteiger partial charge on any atom is -0.467 e. The lowest BCUT2D eigenvalue weighted by Gasteiger charge is -2.17. The number of fused-ring (bicyclic) bond motifs is 1. The molecule has 1 aliphatic rings. The van der Waals surface area contributed by atoms with Gasteiger partial charge in [-0.1, -0.05) is 13.0 Å². The Morgan fingerprint density at radius 1 is 1.33 bits per heavy atom. The predicted octanol–water partition coefficient (Wildman–Crippen LogP) is 3.48. The van der Waals surface area contributed by atoms with Crippen LogP contribution in [0.4, 0.5) is 10.1 Å². The standard InChI is InChI=1S/C17H21FN2O/c1-2-6-19-10-13-8-16(21-12-13)11-20-7-5-14-3-4-15(18)9-17(14)20/h3-4,8-9,12,19H,2,5-7,10-11H2,1H3. The van der Waals surface area contributed by atoms with Crippen LogP contribution in [-0.4, -0.2) is 13.1 Å². The minimum atomic E-state index is -0.176. The number of nitrogens with one attached hydrogen (secondary N) is 1. The summed E-state index contributed by atoms with van der Waals surface area (Å²) >= 11 is 0. The fourth-order valence-corrected chi connectivity index (χ4v) is 2.78. The highest BCUT2D eigenvalue weighted by Crippen LogP contribution is 2.30. The van der Waals surface area contributed by atoms with Crippen LogP contribution >= 0.6 is 0 Å². The molecule has 0 fully saturated rings. The molecule has 112 valence electrons. The fraction of sp³-hybridized carbons (Fsp3) is 0.412. The number of nitrogens with zero attached hydrogens (tertiary/aromatic N) is 1. The van der Waals surface area contributed by atoms with Crippen molar-refractivity contribution < 1.29 is 8.81 Å². The van der Waals surface area contributed by atoms with E-state index in [1.807, 2.05) is 6.07 Å². The Morgan fingerprint density at radius 3 is 3.10 bits per heavy atom. The van der Waals surface area contributed by atoms with Gasteiger partial charge in [0.15, 0.2) is 0 Å². The molecular weight excluding hydrogens is 267 g/mol. The SMILES string of the molecule is CCCNCc1coc(CN2CCc3ccc(F)cc32)c1. The quantitative estimate of drug-likeness (QED) is 0.825. The first kappa shape index (κ1) is 14.1. The number of anilines is 1. The summed E-state index contributed by atoms with van der Waals surface area (Å²) in [5.74, 6) is 0.755. The van der Waals surface area contributed by atoms with Crippen molar-refractivity contribution in [3.8, 4) is 0 Å². The fourth-order valence-electron chi connectivity index (χ4n) is 2.78. The molecule has 0 saturated heterocycles. The van der Waals surface area contributed by atoms with E-state index < -0.39 is 0 Å². The Morgan fingerprint density at radius 2 is 2.24 bits per heavy atom. The number of furan rings is 1. The normalized spacial score (nSPS) is 13.7. The van der Waals surface area contributed by atoms with Crippen molar-refractivity contribution in [3.05, 3.63) is 53.2 Å². The van der Waals surface area contributed by atoms with E-state index in [1.54, 1.807) is 12.3 Å². The molecule has 0 spiro atoms. The van der Waals surface area contributed by atoms with Crippen LogP contribution in [0.2, 0.25) is 0 Å². The Balaban J connectivity index is 1.64. The molecule has 0 unspecified atom stereocenters. The third-order valence-electron chi connectivity index (χ3n) is 3.85. The zero-order valence-corrected chi connectivity index (χ0v) is 12.4. The first-order chi connectivity index (χ1) is 10.3. The van der Waals surface area contributed by atoms with E-state index in [0.29, 0.717) is 6.54 Å². The van der Waals surface area contributed by atoms with Gasteiger partial charge in [0.1, 0.15) is 11.6 Å². The summed E-state index contributed by atoms with van der Waals surface area (Å²) in [5, 5.41) is 3.36. The molecule has 3 nitrogen and oxygen atoms in total. The molecule has 0 bridgehead atoms. The average molecular weight is 288 g/mol. The lowest BCUT2D eigenvalue weighted by molar-refractivity contribution is 0.501. The van der Waals surface area contributed by atoms with Crippen LogP contribution in [0.15, 0.2) is 34.9 Å². The van der Waals surface area contributed by atoms with E-state index in [4.69, 9.17) is 4.42 Å². The molecule has 0 atom stereocenters. The highest BCUT2D eigenvalue weighted by Gasteiger charge is 2.20. The molecule has 1 aromatic carbocycles. The highest BCUT2D eigenvalue weighted by molar-refractivity contribution is 5.58. The Bertz CT molecular complexity index is 609. The maximum Gasteiger partial charge on any atom is 0.125 e. The van der Waals surface area contributed by atoms with E-state index in [9.17, 15) is 4.39 Å². The molecule has 3 rings (SSSR count). The Labute approximate surface area is 124 Å². The number of hydrogen-bond donors (Lipinski definition) is 1. The summed E-state index contributed by atoms with van der Waals surface area (Å²) in [5.41, 5.74) is 3.38. The van der Waals surface area contributed by atoms with Crippen LogP contribution in [0, 0.1) is 5.82 Å². The molecule has 0 radical (unpaired) electrons. The van der Waals surface area contributed by atoms with Gasteiger partial charge in [-0.05, 0) is 43.1 Å². The summed E-state index contributed by atoms with van der Waals surface area (Å²) in [7, 11) is 0. The maximum atomic E-state index is 13.4. The molecule has 4 heteroatoms. The Hall–Kier alpha value is -1.81. The first-order valence-electron chi connectivity index (χ1n) is 7.56. The largest absolute Gasteiger partial charge is 0.467 e. The number of benzene rings is 1. The molecule has 0 saturated carbocycles. The van der Waals surface area contributed by atoms with Crippen LogP contribution < -0.4 is 10.2 Å². The van der Waals surface area contributed by atoms with Crippen molar-refractivity contribution in [2.75, 3.05) is 18.0 Å². The van der Waals surface area contributed by atoms with Crippen molar-refractivity contribution in [2.45, 2.75) is 32.9 Å². The molecule has 2 heterocycles. The lowest BCUT2D eigenvalue weighted by atomic mass is 10.2. The predicted molar refractivity (Wildman–Crippen MR) is 81.9 cm³/mol. The van der Waals surface area contributed by atoms with E-state index in [2.05, 4.69) is 23.2 Å². The minimum absolute atomic E-state index is 0.176. The van der Waals surface area contributed by atoms with Gasteiger partial charge in [0.05, 0.1) is 12.8 Å². The first-order valence-corrected chi connectivity index (χ1v) is 7.56. The number of hydrogen-bond acceptors (Lipinski definition) is 3. The zero-order chi connectivity index (χ0) is 14.7. The highest BCUT2D eigenvalue weighted by atomic mass is 19.1. The molecule has 2 aromatic rings. The van der Waals surface area contributed by atoms with Gasteiger partial charge in [-0.15, -0.1) is 0 Å². The molecule has 21 heavy (non-hydrogen) atoms. The maximum absolute atomic E-state index is 13.4. The second kappa shape index (κ2) is 6.31. The summed E-state index contributed by atoms with van der Waals surface area (Å²) in [4.78, 5) is 2.18. The summed E-state index contributed by atoms with van der Waals surface area (Å²) in [6, 6.07) is 7.12. The van der Waals surface area contributed by atoms with Gasteiger partial charge in [0, 0.05) is 24.3 Å². The second-order valence-corrected chi connectivity index (χ2v) is 5.54. The molecule has 1 aliphatic heterocycles. The molecule has 0 aliphatic carbocycles. The van der Waals surface area contributed by atoms with Crippen LogP contribution in [0.5, 0.6) is 0 Å². The second-order valence-electron chi connectivity index (χ2n) is 5.54. The van der Waals surface area contributed by atoms with Crippen molar-refractivity contribution in [1.82, 2.24) is 5.32 Å². The van der Waals surface area contributed by atoms with Gasteiger partial charge < -0.3 is 14.6 Å². The van der Waals surface area contributed by atoms with Gasteiger partial charge in [0.25, 0.3) is 0 Å². The molecular formula is C17H21FN2O. The summed E-state index contributed by atoms with van der Waals surface area (Å²) in [6.07, 6.45) is 3.91. The summed E-state index contributed by atoms with van der Waals surface area (Å²) in [6.45, 7) is 5.62. The van der Waals surface area contributed by atoms with E-state index >= 15 is 0 Å². The third kappa shape index (κ3) is 3.27. The van der Waals surface area contributed by atoms with Crippen LogP contribution in [0.3, 0.4) is 0 Å². The zero-order valence-electron chi connectivity index (χ0n) is 12.4. The Kier molecular flexibility index (Phi) is 4.25. The van der Waals surface area contributed by atoms with E-state index in [0.717, 1.165) is 49.5 Å². The van der Waals surface area contributed by atoms with Gasteiger partial charge in [-0.25, -0.2) is 4.39 Å². The monoisotopic (exact) mass is 288 g/mol. The van der Waals surface area contributed by atoms with Crippen molar-refractivity contribution >= 4 is 5.69 Å². The van der Waals surface area contributed by atoms with Crippen molar-refractivity contribution in [3.63, 3.8) is 0 Å². The van der Waals surface area contributed by atoms with Gasteiger partial charge in [-0.2, -0.15) is 0 Å². The van der Waals surface area contributed by atoms with E-state index in [-0.39, 0.29) is 5.82 Å². The smallest absolute Gasteiger partial charge is 0.125 e. The van der Waals surface area contributed by atoms with Gasteiger partial charge in [-0.3, -0.25) is 0 Å². The molecule has 1 N–H and O–H groups in total. The average Bonchev–Trinajstić information content (AvgIpc) is 3.07. The van der Waals surface area contributed by atoms with Crippen LogP contribution in [0.1, 0.15) is 30.2 Å². The molecule has 0 amide bonds. The van der Waals surface area contributed by atoms with Gasteiger partial charge >= 0.3 is 0 Å². The van der Waals surface area contributed by atoms with Crippen LogP contribution in [0.25, 0.3) is 0 Å². The number of halogens is 1. The molecule has 1 aromatic heterocycles. The van der Waals surface area contributed by atoms with Gasteiger partial charge in [0.2, 0.25) is 0 Å². The summed E-state index contributed by atoms with van der Waals surface area (Å²) < 4.78 is 19.0. The van der Waals surface area contributed by atoms with Crippen molar-refractivity contribution in [2.24, 2.45) is 0 Å². The van der Waals surface area contributed by atoms with Crippen molar-refractivity contribution in [1.29, 1.82) is 0 Å². The topological polar surface area (TPSA) is 28.4 Å². The van der Waals surface area contributed by atoms with E-state index in [1.165, 1.54) is 11.6 Å². The lowest BCUT2D eigenvalue weighted by Crippen LogP contribution is -2.19. The third-order valence-corrected chi connectivity index (χ3v) is 3.85. The number of rotatable bonds is 6. The van der Waals surface area contributed by atoms with Crippen LogP contribution in [-0.2, 0) is 19.5 Å².